The highest BCUT2D eigenvalue weighted by Gasteiger charge is 2.33. The number of benzene rings is 1. The molecule has 3 rings (SSSR count). The molecule has 2 aromatic rings. The second-order valence-electron chi connectivity index (χ2n) is 5.19. The SMILES string of the molecule is O=C1C[C@H](NS(=O)(=O)c2cccnc2)CN1c1ccc(Cl)cc1. The standard InChI is InChI=1S/C15H14ClN3O3S/c16-11-3-5-13(6-4-11)19-10-12(8-15(19)20)18-23(21,22)14-2-1-7-17-9-14/h1-7,9,12,18H,8,10H2/t12-/m0/s1. The molecule has 1 aromatic heterocycles. The molecule has 2 heterocycles. The van der Waals surface area contributed by atoms with Gasteiger partial charge < -0.3 is 4.90 Å². The maximum absolute atomic E-state index is 12.3. The van der Waals surface area contributed by atoms with Crippen molar-refractivity contribution in [3.8, 4) is 0 Å². The van der Waals surface area contributed by atoms with E-state index in [9.17, 15) is 13.2 Å². The molecule has 1 N–H and O–H groups in total. The summed E-state index contributed by atoms with van der Waals surface area (Å²) in [4.78, 5) is 17.6. The van der Waals surface area contributed by atoms with Crippen molar-refractivity contribution >= 4 is 33.2 Å². The third-order valence-corrected chi connectivity index (χ3v) is 5.29. The Morgan fingerprint density at radius 1 is 1.22 bits per heavy atom. The summed E-state index contributed by atoms with van der Waals surface area (Å²) in [5, 5.41) is 0.578. The maximum atomic E-state index is 12.3. The minimum atomic E-state index is -3.69. The topological polar surface area (TPSA) is 79.4 Å². The van der Waals surface area contributed by atoms with Gasteiger partial charge >= 0.3 is 0 Å². The maximum Gasteiger partial charge on any atom is 0.242 e. The van der Waals surface area contributed by atoms with Gasteiger partial charge in [-0.15, -0.1) is 0 Å². The monoisotopic (exact) mass is 351 g/mol. The van der Waals surface area contributed by atoms with E-state index in [-0.39, 0.29) is 23.8 Å². The van der Waals surface area contributed by atoms with E-state index in [4.69, 9.17) is 11.6 Å². The molecular formula is C15H14ClN3O3S. The zero-order chi connectivity index (χ0) is 16.4. The fraction of sp³-hybridized carbons (Fsp3) is 0.200. The molecule has 6 nitrogen and oxygen atoms in total. The van der Waals surface area contributed by atoms with E-state index in [0.29, 0.717) is 10.7 Å². The second kappa shape index (κ2) is 6.27. The van der Waals surface area contributed by atoms with Gasteiger partial charge in [0.1, 0.15) is 4.90 Å². The molecule has 1 aromatic carbocycles. The van der Waals surface area contributed by atoms with Crippen molar-refractivity contribution in [2.75, 3.05) is 11.4 Å². The van der Waals surface area contributed by atoms with Gasteiger partial charge in [-0.2, -0.15) is 0 Å². The second-order valence-corrected chi connectivity index (χ2v) is 7.34. The van der Waals surface area contributed by atoms with Crippen molar-refractivity contribution in [1.29, 1.82) is 0 Å². The van der Waals surface area contributed by atoms with Crippen molar-refractivity contribution in [3.63, 3.8) is 0 Å². The predicted octanol–water partition coefficient (Wildman–Crippen LogP) is 1.82. The Kier molecular flexibility index (Phi) is 4.34. The van der Waals surface area contributed by atoms with Crippen LogP contribution in [0.3, 0.4) is 0 Å². The van der Waals surface area contributed by atoms with Gasteiger partial charge in [-0.3, -0.25) is 9.78 Å². The lowest BCUT2D eigenvalue weighted by atomic mass is 10.3. The Labute approximate surface area is 139 Å². The number of carbonyl (C=O) groups excluding carboxylic acids is 1. The van der Waals surface area contributed by atoms with Gasteiger partial charge in [0.25, 0.3) is 0 Å². The van der Waals surface area contributed by atoms with Crippen LogP contribution in [0.5, 0.6) is 0 Å². The van der Waals surface area contributed by atoms with E-state index < -0.39 is 16.1 Å². The van der Waals surface area contributed by atoms with Crippen LogP contribution in [-0.4, -0.2) is 31.9 Å². The number of sulfonamides is 1. The fourth-order valence-corrected chi connectivity index (χ4v) is 3.77. The number of hydrogen-bond acceptors (Lipinski definition) is 4. The van der Waals surface area contributed by atoms with Crippen LogP contribution in [0.15, 0.2) is 53.7 Å². The average Bonchev–Trinajstić information content (AvgIpc) is 2.89. The molecule has 23 heavy (non-hydrogen) atoms. The Morgan fingerprint density at radius 3 is 2.61 bits per heavy atom. The average molecular weight is 352 g/mol. The number of aromatic nitrogens is 1. The van der Waals surface area contributed by atoms with Gasteiger partial charge in [0.15, 0.2) is 0 Å². The molecule has 1 fully saturated rings. The number of nitrogens with zero attached hydrogens (tertiary/aromatic N) is 2. The van der Waals surface area contributed by atoms with Crippen LogP contribution >= 0.6 is 11.6 Å². The van der Waals surface area contributed by atoms with Gasteiger partial charge in [-0.1, -0.05) is 11.6 Å². The molecule has 8 heteroatoms. The molecule has 1 saturated heterocycles. The van der Waals surface area contributed by atoms with Gasteiger partial charge in [0.05, 0.1) is 0 Å². The van der Waals surface area contributed by atoms with E-state index in [0.717, 1.165) is 0 Å². The van der Waals surface area contributed by atoms with Gasteiger partial charge in [0.2, 0.25) is 15.9 Å². The fourth-order valence-electron chi connectivity index (χ4n) is 2.45. The van der Waals surface area contributed by atoms with E-state index >= 15 is 0 Å². The normalized spacial score (nSPS) is 18.4. The van der Waals surface area contributed by atoms with Crippen LogP contribution in [0.25, 0.3) is 0 Å². The van der Waals surface area contributed by atoms with Crippen LogP contribution in [0.1, 0.15) is 6.42 Å². The van der Waals surface area contributed by atoms with Crippen LogP contribution in [0.4, 0.5) is 5.69 Å². The van der Waals surface area contributed by atoms with Crippen molar-refractivity contribution in [3.05, 3.63) is 53.8 Å². The first-order chi connectivity index (χ1) is 11.0. The summed E-state index contributed by atoms with van der Waals surface area (Å²) in [6.45, 7) is 0.278. The number of anilines is 1. The highest BCUT2D eigenvalue weighted by atomic mass is 35.5. The third-order valence-electron chi connectivity index (χ3n) is 3.53. The van der Waals surface area contributed by atoms with Gasteiger partial charge in [-0.05, 0) is 36.4 Å². The Bertz CT molecular complexity index is 810. The van der Waals surface area contributed by atoms with Crippen LogP contribution in [-0.2, 0) is 14.8 Å². The largest absolute Gasteiger partial charge is 0.311 e. The highest BCUT2D eigenvalue weighted by molar-refractivity contribution is 7.89. The van der Waals surface area contributed by atoms with Crippen LogP contribution < -0.4 is 9.62 Å². The number of rotatable bonds is 4. The smallest absolute Gasteiger partial charge is 0.242 e. The summed E-state index contributed by atoms with van der Waals surface area (Å²) in [6, 6.07) is 9.38. The summed E-state index contributed by atoms with van der Waals surface area (Å²) in [6.07, 6.45) is 2.89. The van der Waals surface area contributed by atoms with Gasteiger partial charge in [-0.25, -0.2) is 13.1 Å². The van der Waals surface area contributed by atoms with E-state index in [2.05, 4.69) is 9.71 Å². The molecule has 1 aliphatic heterocycles. The zero-order valence-electron chi connectivity index (χ0n) is 12.0. The Balaban J connectivity index is 1.74. The number of carbonyl (C=O) groups is 1. The van der Waals surface area contributed by atoms with E-state index in [1.807, 2.05) is 0 Å². The number of hydrogen-bond donors (Lipinski definition) is 1. The quantitative estimate of drug-likeness (QED) is 0.911. The molecule has 0 saturated carbocycles. The number of amides is 1. The van der Waals surface area contributed by atoms with E-state index in [1.54, 1.807) is 35.2 Å². The summed E-state index contributed by atoms with van der Waals surface area (Å²) in [7, 11) is -3.69. The molecule has 1 atom stereocenters. The lowest BCUT2D eigenvalue weighted by molar-refractivity contribution is -0.117. The van der Waals surface area contributed by atoms with E-state index in [1.165, 1.54) is 18.5 Å². The summed E-state index contributed by atoms with van der Waals surface area (Å²) in [5.41, 5.74) is 0.697. The zero-order valence-corrected chi connectivity index (χ0v) is 13.6. The molecule has 1 aliphatic rings. The molecule has 0 unspecified atom stereocenters. The van der Waals surface area contributed by atoms with Crippen molar-refractivity contribution < 1.29 is 13.2 Å². The van der Waals surface area contributed by atoms with Crippen LogP contribution in [0.2, 0.25) is 5.02 Å². The lowest BCUT2D eigenvalue weighted by Crippen LogP contribution is -2.37. The van der Waals surface area contributed by atoms with Crippen molar-refractivity contribution in [2.45, 2.75) is 17.4 Å². The Morgan fingerprint density at radius 2 is 1.96 bits per heavy atom. The number of nitrogens with one attached hydrogen (secondary N) is 1. The first-order valence-corrected chi connectivity index (χ1v) is 8.80. The molecule has 0 aliphatic carbocycles. The summed E-state index contributed by atoms with van der Waals surface area (Å²) < 4.78 is 27.1. The van der Waals surface area contributed by atoms with Crippen molar-refractivity contribution in [2.24, 2.45) is 0 Å². The number of halogens is 1. The van der Waals surface area contributed by atoms with Gasteiger partial charge in [0, 0.05) is 42.1 Å². The third kappa shape index (κ3) is 3.52. The molecule has 0 spiro atoms. The molecule has 1 amide bonds. The molecule has 0 radical (unpaired) electrons. The molecular weight excluding hydrogens is 338 g/mol. The molecule has 120 valence electrons. The number of pyridine rings is 1. The van der Waals surface area contributed by atoms with Crippen molar-refractivity contribution in [1.82, 2.24) is 9.71 Å². The minimum Gasteiger partial charge on any atom is -0.311 e. The molecule has 0 bridgehead atoms. The Hall–Kier alpha value is -1.96. The first-order valence-electron chi connectivity index (χ1n) is 6.94. The summed E-state index contributed by atoms with van der Waals surface area (Å²) in [5.74, 6) is -0.133. The lowest BCUT2D eigenvalue weighted by Gasteiger charge is -2.17. The van der Waals surface area contributed by atoms with Crippen LogP contribution in [0, 0.1) is 0 Å². The predicted molar refractivity (Wildman–Crippen MR) is 86.8 cm³/mol. The summed E-state index contributed by atoms with van der Waals surface area (Å²) >= 11 is 5.84. The minimum absolute atomic E-state index is 0.0809. The highest BCUT2D eigenvalue weighted by Crippen LogP contribution is 2.24. The first kappa shape index (κ1) is 15.9.